The molecule has 5 heteroatoms. The van der Waals surface area contributed by atoms with E-state index in [1.807, 2.05) is 0 Å². The Morgan fingerprint density at radius 1 is 1.24 bits per heavy atom. The molecule has 17 heavy (non-hydrogen) atoms. The zero-order valence-corrected chi connectivity index (χ0v) is 12.0. The van der Waals surface area contributed by atoms with Crippen LogP contribution < -0.4 is 0 Å². The average Bonchev–Trinajstić information content (AvgIpc) is 2.23. The molecule has 1 atom stereocenters. The quantitative estimate of drug-likeness (QED) is 0.603. The van der Waals surface area contributed by atoms with Gasteiger partial charge in [-0.05, 0) is 17.1 Å². The lowest BCUT2D eigenvalue weighted by Gasteiger charge is -2.37. The van der Waals surface area contributed by atoms with E-state index in [1.54, 1.807) is 11.9 Å². The molecule has 98 valence electrons. The molecule has 0 aliphatic carbocycles. The summed E-state index contributed by atoms with van der Waals surface area (Å²) in [6, 6.07) is 0. The molecular weight excluding hydrogens is 236 g/mol. The number of thiol groups is 1. The van der Waals surface area contributed by atoms with E-state index in [0.717, 1.165) is 5.75 Å². The lowest BCUT2D eigenvalue weighted by molar-refractivity contribution is -0.155. The van der Waals surface area contributed by atoms with Crippen LogP contribution in [0.1, 0.15) is 20.8 Å². The Hall–Kier alpha value is -0.710. The SMILES string of the molecule is CN1CCN(CC(CS)C(C)(C)C)C(=O)C1=O. The number of rotatable bonds is 3. The summed E-state index contributed by atoms with van der Waals surface area (Å²) < 4.78 is 0. The minimum atomic E-state index is -0.400. The number of carbonyl (C=O) groups is 2. The number of piperazine rings is 1. The van der Waals surface area contributed by atoms with Crippen molar-refractivity contribution in [1.82, 2.24) is 9.80 Å². The van der Waals surface area contributed by atoms with Gasteiger partial charge in [-0.2, -0.15) is 12.6 Å². The van der Waals surface area contributed by atoms with Crippen LogP contribution in [-0.2, 0) is 9.59 Å². The lowest BCUT2D eigenvalue weighted by atomic mass is 9.81. The highest BCUT2D eigenvalue weighted by Crippen LogP contribution is 2.28. The molecule has 0 N–H and O–H groups in total. The third kappa shape index (κ3) is 3.37. The highest BCUT2D eigenvalue weighted by Gasteiger charge is 2.34. The van der Waals surface area contributed by atoms with E-state index in [0.29, 0.717) is 25.6 Å². The van der Waals surface area contributed by atoms with Crippen LogP contribution in [0.5, 0.6) is 0 Å². The number of hydrogen-bond donors (Lipinski definition) is 1. The molecule has 0 spiro atoms. The minimum absolute atomic E-state index is 0.0917. The Kier molecular flexibility index (Phi) is 4.47. The molecule has 1 unspecified atom stereocenters. The Labute approximate surface area is 109 Å². The molecule has 1 aliphatic rings. The fourth-order valence-corrected chi connectivity index (χ4v) is 2.48. The maximum absolute atomic E-state index is 11.8. The van der Waals surface area contributed by atoms with Crippen LogP contribution in [-0.4, -0.2) is 54.0 Å². The van der Waals surface area contributed by atoms with E-state index in [2.05, 4.69) is 33.4 Å². The summed E-state index contributed by atoms with van der Waals surface area (Å²) in [5.41, 5.74) is 0.0917. The fourth-order valence-electron chi connectivity index (χ4n) is 1.82. The van der Waals surface area contributed by atoms with Crippen molar-refractivity contribution in [2.75, 3.05) is 32.4 Å². The van der Waals surface area contributed by atoms with Crippen molar-refractivity contribution in [3.63, 3.8) is 0 Å². The number of carbonyl (C=O) groups excluding carboxylic acids is 2. The summed E-state index contributed by atoms with van der Waals surface area (Å²) >= 11 is 4.35. The molecule has 4 nitrogen and oxygen atoms in total. The number of nitrogens with zero attached hydrogens (tertiary/aromatic N) is 2. The Bertz CT molecular complexity index is 312. The van der Waals surface area contributed by atoms with Crippen molar-refractivity contribution in [1.29, 1.82) is 0 Å². The van der Waals surface area contributed by atoms with Crippen molar-refractivity contribution in [3.05, 3.63) is 0 Å². The van der Waals surface area contributed by atoms with Gasteiger partial charge in [0.2, 0.25) is 0 Å². The second-order valence-electron chi connectivity index (χ2n) is 5.72. The second-order valence-corrected chi connectivity index (χ2v) is 6.09. The lowest BCUT2D eigenvalue weighted by Crippen LogP contribution is -2.54. The zero-order chi connectivity index (χ0) is 13.2. The monoisotopic (exact) mass is 258 g/mol. The van der Waals surface area contributed by atoms with Gasteiger partial charge >= 0.3 is 11.8 Å². The number of likely N-dealkylation sites (N-methyl/N-ethyl adjacent to an activating group) is 1. The molecule has 2 amide bonds. The molecule has 1 aliphatic heterocycles. The predicted molar refractivity (Wildman–Crippen MR) is 71.0 cm³/mol. The Morgan fingerprint density at radius 3 is 2.29 bits per heavy atom. The zero-order valence-electron chi connectivity index (χ0n) is 11.1. The first-order valence-corrected chi connectivity index (χ1v) is 6.56. The first-order chi connectivity index (χ1) is 7.77. The Balaban J connectivity index is 2.69. The third-order valence-electron chi connectivity index (χ3n) is 3.41. The van der Waals surface area contributed by atoms with E-state index in [4.69, 9.17) is 0 Å². The van der Waals surface area contributed by atoms with Gasteiger partial charge in [0.1, 0.15) is 0 Å². The highest BCUT2D eigenvalue weighted by atomic mass is 32.1. The van der Waals surface area contributed by atoms with Gasteiger partial charge in [-0.25, -0.2) is 0 Å². The van der Waals surface area contributed by atoms with E-state index < -0.39 is 5.91 Å². The maximum Gasteiger partial charge on any atom is 0.312 e. The van der Waals surface area contributed by atoms with Gasteiger partial charge in [0, 0.05) is 26.7 Å². The molecule has 0 bridgehead atoms. The maximum atomic E-state index is 11.8. The third-order valence-corrected chi connectivity index (χ3v) is 3.85. The molecule has 0 radical (unpaired) electrons. The van der Waals surface area contributed by atoms with Crippen molar-refractivity contribution < 1.29 is 9.59 Å². The molecular formula is C12H22N2O2S. The summed E-state index contributed by atoms with van der Waals surface area (Å²) in [4.78, 5) is 26.5. The number of hydrogen-bond acceptors (Lipinski definition) is 3. The van der Waals surface area contributed by atoms with Gasteiger partial charge in [-0.1, -0.05) is 20.8 Å². The van der Waals surface area contributed by atoms with Crippen molar-refractivity contribution in [2.24, 2.45) is 11.3 Å². The molecule has 1 saturated heterocycles. The molecule has 1 fully saturated rings. The van der Waals surface area contributed by atoms with Crippen molar-refractivity contribution in [3.8, 4) is 0 Å². The summed E-state index contributed by atoms with van der Waals surface area (Å²) in [7, 11) is 1.66. The van der Waals surface area contributed by atoms with Crippen LogP contribution in [0, 0.1) is 11.3 Å². The smallest absolute Gasteiger partial charge is 0.312 e. The van der Waals surface area contributed by atoms with Crippen LogP contribution in [0.15, 0.2) is 0 Å². The van der Waals surface area contributed by atoms with Crippen LogP contribution in [0.4, 0.5) is 0 Å². The molecule has 1 rings (SSSR count). The van der Waals surface area contributed by atoms with Gasteiger partial charge in [0.25, 0.3) is 0 Å². The predicted octanol–water partition coefficient (Wildman–Crippen LogP) is 0.879. The number of amides is 2. The summed E-state index contributed by atoms with van der Waals surface area (Å²) in [5, 5.41) is 0. The summed E-state index contributed by atoms with van der Waals surface area (Å²) in [6.07, 6.45) is 0. The molecule has 0 saturated carbocycles. The standard InChI is InChI=1S/C12H22N2O2S/c1-12(2,3)9(8-17)7-14-6-5-13(4)10(15)11(14)16/h9,17H,5-8H2,1-4H3. The van der Waals surface area contributed by atoms with Crippen LogP contribution in [0.3, 0.4) is 0 Å². The topological polar surface area (TPSA) is 40.6 Å². The average molecular weight is 258 g/mol. The highest BCUT2D eigenvalue weighted by molar-refractivity contribution is 7.80. The Morgan fingerprint density at radius 2 is 1.82 bits per heavy atom. The molecule has 1 heterocycles. The van der Waals surface area contributed by atoms with E-state index in [1.165, 1.54) is 4.90 Å². The first kappa shape index (κ1) is 14.4. The largest absolute Gasteiger partial charge is 0.336 e. The molecule has 0 aromatic heterocycles. The van der Waals surface area contributed by atoms with Gasteiger partial charge in [-0.15, -0.1) is 0 Å². The first-order valence-electron chi connectivity index (χ1n) is 5.92. The minimum Gasteiger partial charge on any atom is -0.336 e. The van der Waals surface area contributed by atoms with E-state index >= 15 is 0 Å². The molecule has 0 aromatic rings. The van der Waals surface area contributed by atoms with Crippen LogP contribution in [0.2, 0.25) is 0 Å². The van der Waals surface area contributed by atoms with Crippen LogP contribution >= 0.6 is 12.6 Å². The van der Waals surface area contributed by atoms with E-state index in [-0.39, 0.29) is 11.3 Å². The van der Waals surface area contributed by atoms with Crippen molar-refractivity contribution in [2.45, 2.75) is 20.8 Å². The van der Waals surface area contributed by atoms with Gasteiger partial charge in [0.15, 0.2) is 0 Å². The van der Waals surface area contributed by atoms with E-state index in [9.17, 15) is 9.59 Å². The van der Waals surface area contributed by atoms with Gasteiger partial charge in [-0.3, -0.25) is 9.59 Å². The van der Waals surface area contributed by atoms with Crippen LogP contribution in [0.25, 0.3) is 0 Å². The second kappa shape index (κ2) is 5.29. The molecule has 0 aromatic carbocycles. The fraction of sp³-hybridized carbons (Fsp3) is 0.833. The summed E-state index contributed by atoms with van der Waals surface area (Å²) in [6.45, 7) is 8.27. The van der Waals surface area contributed by atoms with Gasteiger partial charge in [0.05, 0.1) is 0 Å². The summed E-state index contributed by atoms with van der Waals surface area (Å²) in [5.74, 6) is 0.237. The normalized spacial score (nSPS) is 19.8. The van der Waals surface area contributed by atoms with Crippen molar-refractivity contribution >= 4 is 24.4 Å². The van der Waals surface area contributed by atoms with Gasteiger partial charge < -0.3 is 9.80 Å².